The molecule has 1 aliphatic heterocycles. The third-order valence-electron chi connectivity index (χ3n) is 5.04. The number of carbonyl (C=O) groups excluding carboxylic acids is 2. The first-order chi connectivity index (χ1) is 11.8. The monoisotopic (exact) mass is 346 g/mol. The Labute approximate surface area is 150 Å². The van der Waals surface area contributed by atoms with E-state index in [1.165, 1.54) is 5.56 Å². The molecule has 1 aliphatic rings. The number of likely N-dealkylation sites (tertiary alicyclic amines) is 1. The van der Waals surface area contributed by atoms with Gasteiger partial charge in [-0.05, 0) is 43.8 Å². The minimum atomic E-state index is -0.672. The van der Waals surface area contributed by atoms with Crippen molar-refractivity contribution in [2.24, 2.45) is 11.1 Å². The first kappa shape index (κ1) is 19.2. The molecule has 2 rings (SSSR count). The fourth-order valence-corrected chi connectivity index (χ4v) is 3.51. The van der Waals surface area contributed by atoms with Crippen molar-refractivity contribution in [1.82, 2.24) is 15.1 Å². The number of amides is 3. The lowest BCUT2D eigenvalue weighted by Crippen LogP contribution is -2.51. The molecule has 138 valence electrons. The molecule has 0 bridgehead atoms. The fraction of sp³-hybridized carbons (Fsp3) is 0.579. The number of nitrogens with one attached hydrogen (secondary N) is 1. The Hall–Kier alpha value is -2.08. The van der Waals surface area contributed by atoms with Gasteiger partial charge in [-0.2, -0.15) is 0 Å². The van der Waals surface area contributed by atoms with Crippen molar-refractivity contribution in [1.29, 1.82) is 0 Å². The maximum atomic E-state index is 12.3. The van der Waals surface area contributed by atoms with Crippen LogP contribution in [0.25, 0.3) is 0 Å². The van der Waals surface area contributed by atoms with E-state index in [0.29, 0.717) is 6.54 Å². The van der Waals surface area contributed by atoms with Crippen LogP contribution in [-0.2, 0) is 11.3 Å². The van der Waals surface area contributed by atoms with Crippen LogP contribution >= 0.6 is 0 Å². The Bertz CT molecular complexity index is 582. The molecule has 1 aromatic carbocycles. The lowest BCUT2D eigenvalue weighted by Gasteiger charge is -2.41. The number of benzene rings is 1. The number of hydrogen-bond acceptors (Lipinski definition) is 3. The summed E-state index contributed by atoms with van der Waals surface area (Å²) < 4.78 is 0. The molecule has 25 heavy (non-hydrogen) atoms. The number of rotatable bonds is 6. The quantitative estimate of drug-likeness (QED) is 0.824. The number of nitrogens with two attached hydrogens (primary N) is 1. The van der Waals surface area contributed by atoms with E-state index in [-0.39, 0.29) is 11.3 Å². The molecule has 0 radical (unpaired) electrons. The van der Waals surface area contributed by atoms with Gasteiger partial charge in [-0.1, -0.05) is 37.3 Å². The van der Waals surface area contributed by atoms with Crippen molar-refractivity contribution in [2.75, 3.05) is 26.7 Å². The average Bonchev–Trinajstić information content (AvgIpc) is 2.56. The van der Waals surface area contributed by atoms with Crippen LogP contribution in [0.5, 0.6) is 0 Å². The zero-order chi connectivity index (χ0) is 18.4. The van der Waals surface area contributed by atoms with Crippen LogP contribution in [0, 0.1) is 5.41 Å². The van der Waals surface area contributed by atoms with E-state index >= 15 is 0 Å². The SMILES string of the molecule is C[C@@H](NC(N)=O)C(=O)N(C)CC1(C)CCN(Cc2ccccc2)CC1. The second kappa shape index (κ2) is 8.34. The third-order valence-corrected chi connectivity index (χ3v) is 5.04. The van der Waals surface area contributed by atoms with Crippen LogP contribution in [0.3, 0.4) is 0 Å². The first-order valence-corrected chi connectivity index (χ1v) is 8.86. The lowest BCUT2D eigenvalue weighted by atomic mass is 9.79. The molecule has 0 saturated carbocycles. The summed E-state index contributed by atoms with van der Waals surface area (Å²) in [6.07, 6.45) is 2.10. The number of nitrogens with zero attached hydrogens (tertiary/aromatic N) is 2. The Kier molecular flexibility index (Phi) is 6.42. The van der Waals surface area contributed by atoms with Crippen LogP contribution in [0.15, 0.2) is 30.3 Å². The van der Waals surface area contributed by atoms with E-state index in [2.05, 4.69) is 41.4 Å². The summed E-state index contributed by atoms with van der Waals surface area (Å²) in [6, 6.07) is 9.24. The summed E-state index contributed by atoms with van der Waals surface area (Å²) in [4.78, 5) is 27.4. The van der Waals surface area contributed by atoms with Gasteiger partial charge >= 0.3 is 6.03 Å². The maximum Gasteiger partial charge on any atom is 0.312 e. The van der Waals surface area contributed by atoms with Crippen LogP contribution in [0.1, 0.15) is 32.3 Å². The summed E-state index contributed by atoms with van der Waals surface area (Å²) in [6.45, 7) is 7.63. The molecule has 0 unspecified atom stereocenters. The fourth-order valence-electron chi connectivity index (χ4n) is 3.51. The normalized spacial score (nSPS) is 18.4. The molecule has 3 N–H and O–H groups in total. The van der Waals surface area contributed by atoms with E-state index in [1.807, 2.05) is 6.07 Å². The minimum Gasteiger partial charge on any atom is -0.352 e. The Balaban J connectivity index is 1.83. The van der Waals surface area contributed by atoms with Gasteiger partial charge < -0.3 is 16.0 Å². The Morgan fingerprint density at radius 3 is 2.44 bits per heavy atom. The number of carbonyl (C=O) groups is 2. The highest BCUT2D eigenvalue weighted by Gasteiger charge is 2.33. The molecule has 0 aromatic heterocycles. The molecule has 6 nitrogen and oxygen atoms in total. The molecular formula is C19H30N4O2. The second-order valence-corrected chi connectivity index (χ2v) is 7.50. The molecule has 1 atom stereocenters. The molecule has 1 heterocycles. The van der Waals surface area contributed by atoms with Crippen LogP contribution in [0.2, 0.25) is 0 Å². The van der Waals surface area contributed by atoms with E-state index in [0.717, 1.165) is 32.5 Å². The summed E-state index contributed by atoms with van der Waals surface area (Å²) in [5.74, 6) is -0.105. The van der Waals surface area contributed by atoms with Crippen molar-refractivity contribution in [3.63, 3.8) is 0 Å². The highest BCUT2D eigenvalue weighted by atomic mass is 16.2. The Morgan fingerprint density at radius 1 is 1.28 bits per heavy atom. The number of urea groups is 1. The van der Waals surface area contributed by atoms with Crippen molar-refractivity contribution in [2.45, 2.75) is 39.3 Å². The maximum absolute atomic E-state index is 12.3. The molecule has 3 amide bonds. The average molecular weight is 346 g/mol. The van der Waals surface area contributed by atoms with E-state index in [1.54, 1.807) is 18.9 Å². The van der Waals surface area contributed by atoms with Gasteiger partial charge in [0, 0.05) is 20.1 Å². The molecule has 0 aliphatic carbocycles. The van der Waals surface area contributed by atoms with Crippen molar-refractivity contribution in [3.05, 3.63) is 35.9 Å². The minimum absolute atomic E-state index is 0.101. The highest BCUT2D eigenvalue weighted by Crippen LogP contribution is 2.32. The zero-order valence-corrected chi connectivity index (χ0v) is 15.5. The molecular weight excluding hydrogens is 316 g/mol. The van der Waals surface area contributed by atoms with Gasteiger partial charge in [-0.15, -0.1) is 0 Å². The molecule has 0 spiro atoms. The number of primary amides is 1. The number of piperidine rings is 1. The van der Waals surface area contributed by atoms with Gasteiger partial charge in [0.2, 0.25) is 5.91 Å². The lowest BCUT2D eigenvalue weighted by molar-refractivity contribution is -0.133. The van der Waals surface area contributed by atoms with Crippen LogP contribution in [-0.4, -0.2) is 54.5 Å². The highest BCUT2D eigenvalue weighted by molar-refractivity contribution is 5.86. The predicted molar refractivity (Wildman–Crippen MR) is 98.9 cm³/mol. The largest absolute Gasteiger partial charge is 0.352 e. The van der Waals surface area contributed by atoms with Crippen LogP contribution in [0.4, 0.5) is 4.79 Å². The molecule has 1 fully saturated rings. The predicted octanol–water partition coefficient (Wildman–Crippen LogP) is 1.80. The summed E-state index contributed by atoms with van der Waals surface area (Å²) in [7, 11) is 1.79. The molecule has 6 heteroatoms. The van der Waals surface area contributed by atoms with E-state index < -0.39 is 12.1 Å². The smallest absolute Gasteiger partial charge is 0.312 e. The third kappa shape index (κ3) is 5.74. The van der Waals surface area contributed by atoms with Gasteiger partial charge in [0.15, 0.2) is 0 Å². The topological polar surface area (TPSA) is 78.7 Å². The molecule has 1 aromatic rings. The van der Waals surface area contributed by atoms with Gasteiger partial charge in [-0.25, -0.2) is 4.79 Å². The first-order valence-electron chi connectivity index (χ1n) is 8.86. The van der Waals surface area contributed by atoms with E-state index in [9.17, 15) is 9.59 Å². The number of hydrogen-bond donors (Lipinski definition) is 2. The summed E-state index contributed by atoms with van der Waals surface area (Å²) in [5, 5.41) is 2.45. The standard InChI is InChI=1S/C19H30N4O2/c1-15(21-18(20)25)17(24)22(3)14-19(2)9-11-23(12-10-19)13-16-7-5-4-6-8-16/h4-8,15H,9-14H2,1-3H3,(H3,20,21,25)/t15-/m1/s1. The van der Waals surface area contributed by atoms with Crippen LogP contribution < -0.4 is 11.1 Å². The van der Waals surface area contributed by atoms with Gasteiger partial charge in [0.05, 0.1) is 0 Å². The summed E-state index contributed by atoms with van der Waals surface area (Å²) in [5.41, 5.74) is 6.53. The van der Waals surface area contributed by atoms with E-state index in [4.69, 9.17) is 5.73 Å². The molecule has 1 saturated heterocycles. The number of likely N-dealkylation sites (N-methyl/N-ethyl adjacent to an activating group) is 1. The van der Waals surface area contributed by atoms with Crippen molar-refractivity contribution < 1.29 is 9.59 Å². The summed E-state index contributed by atoms with van der Waals surface area (Å²) >= 11 is 0. The zero-order valence-electron chi connectivity index (χ0n) is 15.5. The second-order valence-electron chi connectivity index (χ2n) is 7.50. The Morgan fingerprint density at radius 2 is 1.88 bits per heavy atom. The van der Waals surface area contributed by atoms with Gasteiger partial charge in [0.25, 0.3) is 0 Å². The van der Waals surface area contributed by atoms with Gasteiger partial charge in [-0.3, -0.25) is 9.69 Å². The van der Waals surface area contributed by atoms with Crippen molar-refractivity contribution >= 4 is 11.9 Å². The van der Waals surface area contributed by atoms with Gasteiger partial charge in [0.1, 0.15) is 6.04 Å². The van der Waals surface area contributed by atoms with Crippen molar-refractivity contribution in [3.8, 4) is 0 Å².